The van der Waals surface area contributed by atoms with Crippen LogP contribution in [0.15, 0.2) is 24.3 Å². The standard InChI is InChI=1S/C11H12N2O2S/c1-13-10(14)9(16-11(13)15)6-7-2-4-8(12)5-3-7/h2-5,9H,6,12H2,1H3. The van der Waals surface area contributed by atoms with Gasteiger partial charge in [-0.15, -0.1) is 0 Å². The molecule has 1 aromatic carbocycles. The number of nitrogens with two attached hydrogens (primary N) is 1. The van der Waals surface area contributed by atoms with Crippen LogP contribution in [0.5, 0.6) is 0 Å². The molecule has 0 aromatic heterocycles. The summed E-state index contributed by atoms with van der Waals surface area (Å²) in [6, 6.07) is 7.36. The van der Waals surface area contributed by atoms with Gasteiger partial charge in [0.2, 0.25) is 5.91 Å². The van der Waals surface area contributed by atoms with Crippen LogP contribution in [0.2, 0.25) is 0 Å². The Morgan fingerprint density at radius 1 is 1.31 bits per heavy atom. The molecule has 2 N–H and O–H groups in total. The molecule has 0 aliphatic carbocycles. The first-order valence-corrected chi connectivity index (χ1v) is 5.78. The maximum atomic E-state index is 11.6. The van der Waals surface area contributed by atoms with Crippen molar-refractivity contribution in [1.29, 1.82) is 0 Å². The molecule has 5 heteroatoms. The number of hydrogen-bond acceptors (Lipinski definition) is 4. The fraction of sp³-hybridized carbons (Fsp3) is 0.273. The monoisotopic (exact) mass is 236 g/mol. The molecule has 0 spiro atoms. The normalized spacial score (nSPS) is 20.6. The van der Waals surface area contributed by atoms with Gasteiger partial charge in [-0.25, -0.2) is 0 Å². The van der Waals surface area contributed by atoms with Gasteiger partial charge in [0.05, 0.1) is 5.25 Å². The van der Waals surface area contributed by atoms with Crippen LogP contribution in [-0.4, -0.2) is 28.3 Å². The van der Waals surface area contributed by atoms with Gasteiger partial charge in [0.15, 0.2) is 0 Å². The Hall–Kier alpha value is -1.49. The quantitative estimate of drug-likeness (QED) is 0.790. The van der Waals surface area contributed by atoms with Gasteiger partial charge in [-0.3, -0.25) is 14.5 Å². The molecular formula is C11H12N2O2S. The second kappa shape index (κ2) is 4.17. The number of anilines is 1. The molecular weight excluding hydrogens is 224 g/mol. The van der Waals surface area contributed by atoms with E-state index in [1.807, 2.05) is 12.1 Å². The van der Waals surface area contributed by atoms with Gasteiger partial charge in [0.25, 0.3) is 5.24 Å². The summed E-state index contributed by atoms with van der Waals surface area (Å²) in [5.74, 6) is -0.119. The van der Waals surface area contributed by atoms with Gasteiger partial charge in [-0.1, -0.05) is 23.9 Å². The Morgan fingerprint density at radius 2 is 1.94 bits per heavy atom. The lowest BCUT2D eigenvalue weighted by Gasteiger charge is -2.07. The molecule has 4 nitrogen and oxygen atoms in total. The Kier molecular flexibility index (Phi) is 2.87. The third kappa shape index (κ3) is 2.04. The third-order valence-corrected chi connectivity index (χ3v) is 3.65. The van der Waals surface area contributed by atoms with Crippen molar-refractivity contribution >= 4 is 28.6 Å². The SMILES string of the molecule is CN1C(=O)SC(Cc2ccc(N)cc2)C1=O. The Morgan fingerprint density at radius 3 is 2.44 bits per heavy atom. The number of thioether (sulfide) groups is 1. The van der Waals surface area contributed by atoms with E-state index in [-0.39, 0.29) is 16.4 Å². The molecule has 1 aliphatic rings. The number of carbonyl (C=O) groups excluding carboxylic acids is 2. The van der Waals surface area contributed by atoms with Crippen LogP contribution in [0.1, 0.15) is 5.56 Å². The number of hydrogen-bond donors (Lipinski definition) is 1. The number of benzene rings is 1. The number of rotatable bonds is 2. The van der Waals surface area contributed by atoms with E-state index in [9.17, 15) is 9.59 Å². The van der Waals surface area contributed by atoms with E-state index in [4.69, 9.17) is 5.73 Å². The molecule has 1 atom stereocenters. The summed E-state index contributed by atoms with van der Waals surface area (Å²) in [5, 5.41) is -0.466. The van der Waals surface area contributed by atoms with Crippen molar-refractivity contribution in [2.45, 2.75) is 11.7 Å². The Labute approximate surface area is 97.8 Å². The van der Waals surface area contributed by atoms with Crippen LogP contribution in [0.25, 0.3) is 0 Å². The maximum absolute atomic E-state index is 11.6. The first kappa shape index (κ1) is 11.0. The van der Waals surface area contributed by atoms with Crippen LogP contribution >= 0.6 is 11.8 Å². The van der Waals surface area contributed by atoms with Crippen LogP contribution in [-0.2, 0) is 11.2 Å². The first-order chi connectivity index (χ1) is 7.58. The van der Waals surface area contributed by atoms with Crippen LogP contribution < -0.4 is 5.73 Å². The zero-order valence-electron chi connectivity index (χ0n) is 8.84. The topological polar surface area (TPSA) is 63.4 Å². The lowest BCUT2D eigenvalue weighted by atomic mass is 10.1. The number of imide groups is 1. The summed E-state index contributed by atoms with van der Waals surface area (Å²) in [4.78, 5) is 24.1. The van der Waals surface area contributed by atoms with E-state index in [0.717, 1.165) is 17.3 Å². The fourth-order valence-electron chi connectivity index (χ4n) is 1.55. The summed E-state index contributed by atoms with van der Waals surface area (Å²) in [5.41, 5.74) is 7.29. The van der Waals surface area contributed by atoms with Crippen LogP contribution in [0.4, 0.5) is 10.5 Å². The minimum atomic E-state index is -0.291. The maximum Gasteiger partial charge on any atom is 0.288 e. The first-order valence-electron chi connectivity index (χ1n) is 4.90. The van der Waals surface area contributed by atoms with Crippen LogP contribution in [0, 0.1) is 0 Å². The molecule has 1 fully saturated rings. The van der Waals surface area contributed by atoms with E-state index in [2.05, 4.69) is 0 Å². The van der Waals surface area contributed by atoms with Crippen LogP contribution in [0.3, 0.4) is 0 Å². The summed E-state index contributed by atoms with van der Waals surface area (Å²) in [6.07, 6.45) is 0.569. The highest BCUT2D eigenvalue weighted by molar-refractivity contribution is 8.15. The zero-order chi connectivity index (χ0) is 11.7. The van der Waals surface area contributed by atoms with Gasteiger partial charge >= 0.3 is 0 Å². The van der Waals surface area contributed by atoms with Crippen molar-refractivity contribution in [3.8, 4) is 0 Å². The fourth-order valence-corrected chi connectivity index (χ4v) is 2.58. The van der Waals surface area contributed by atoms with Gasteiger partial charge in [0.1, 0.15) is 0 Å². The smallest absolute Gasteiger partial charge is 0.288 e. The predicted molar refractivity (Wildman–Crippen MR) is 64.1 cm³/mol. The van der Waals surface area contributed by atoms with Crippen molar-refractivity contribution in [1.82, 2.24) is 4.90 Å². The van der Waals surface area contributed by atoms with Crippen molar-refractivity contribution in [2.24, 2.45) is 0 Å². The van der Waals surface area contributed by atoms with Gasteiger partial charge in [-0.2, -0.15) is 0 Å². The molecule has 16 heavy (non-hydrogen) atoms. The molecule has 1 aromatic rings. The molecule has 1 saturated heterocycles. The van der Waals surface area contributed by atoms with Crippen molar-refractivity contribution in [2.75, 3.05) is 12.8 Å². The van der Waals surface area contributed by atoms with Gasteiger partial charge < -0.3 is 5.73 Å². The second-order valence-electron chi connectivity index (χ2n) is 3.72. The predicted octanol–water partition coefficient (Wildman–Crippen LogP) is 1.51. The number of carbonyl (C=O) groups is 2. The summed E-state index contributed by atoms with van der Waals surface area (Å²) < 4.78 is 0. The van der Waals surface area contributed by atoms with E-state index in [0.29, 0.717) is 12.1 Å². The second-order valence-corrected chi connectivity index (χ2v) is 4.87. The molecule has 0 bridgehead atoms. The molecule has 2 rings (SSSR count). The molecule has 1 heterocycles. The van der Waals surface area contributed by atoms with E-state index < -0.39 is 0 Å². The molecule has 2 amide bonds. The highest BCUT2D eigenvalue weighted by Gasteiger charge is 2.36. The molecule has 1 unspecified atom stereocenters. The number of nitrogen functional groups attached to an aromatic ring is 1. The molecule has 0 radical (unpaired) electrons. The highest BCUT2D eigenvalue weighted by atomic mass is 32.2. The average molecular weight is 236 g/mol. The Bertz CT molecular complexity index is 430. The summed E-state index contributed by atoms with van der Waals surface area (Å²) in [6.45, 7) is 0. The van der Waals surface area contributed by atoms with E-state index in [1.54, 1.807) is 12.1 Å². The highest BCUT2D eigenvalue weighted by Crippen LogP contribution is 2.28. The lowest BCUT2D eigenvalue weighted by molar-refractivity contribution is -0.125. The van der Waals surface area contributed by atoms with Crippen molar-refractivity contribution < 1.29 is 9.59 Å². The van der Waals surface area contributed by atoms with E-state index >= 15 is 0 Å². The van der Waals surface area contributed by atoms with Gasteiger partial charge in [-0.05, 0) is 24.1 Å². The average Bonchev–Trinajstić information content (AvgIpc) is 2.50. The largest absolute Gasteiger partial charge is 0.399 e. The number of amides is 2. The minimum Gasteiger partial charge on any atom is -0.399 e. The lowest BCUT2D eigenvalue weighted by Crippen LogP contribution is -2.28. The number of nitrogens with zero attached hydrogens (tertiary/aromatic N) is 1. The van der Waals surface area contributed by atoms with Crippen molar-refractivity contribution in [3.05, 3.63) is 29.8 Å². The molecule has 0 saturated carbocycles. The zero-order valence-corrected chi connectivity index (χ0v) is 9.66. The summed E-state index contributed by atoms with van der Waals surface area (Å²) >= 11 is 1.09. The minimum absolute atomic E-state index is 0.119. The van der Waals surface area contributed by atoms with Crippen molar-refractivity contribution in [3.63, 3.8) is 0 Å². The molecule has 1 aliphatic heterocycles. The third-order valence-electron chi connectivity index (χ3n) is 2.52. The summed E-state index contributed by atoms with van der Waals surface area (Å²) in [7, 11) is 1.51. The Balaban J connectivity index is 2.09. The van der Waals surface area contributed by atoms with E-state index in [1.165, 1.54) is 11.9 Å². The molecule has 84 valence electrons. The van der Waals surface area contributed by atoms with Gasteiger partial charge in [0, 0.05) is 12.7 Å².